The molecule has 0 aliphatic rings. The Balaban J connectivity index is 2.38. The molecule has 0 amide bonds. The van der Waals surface area contributed by atoms with Crippen molar-refractivity contribution in [2.45, 2.75) is 19.9 Å². The molecule has 0 aliphatic carbocycles. The molecule has 2 heteroatoms. The van der Waals surface area contributed by atoms with E-state index in [9.17, 15) is 0 Å². The van der Waals surface area contributed by atoms with E-state index in [1.807, 2.05) is 18.2 Å². The molecule has 0 fully saturated rings. The molecule has 0 spiro atoms. The van der Waals surface area contributed by atoms with Crippen LogP contribution in [0.2, 0.25) is 0 Å². The van der Waals surface area contributed by atoms with E-state index < -0.39 is 0 Å². The molecule has 1 N–H and O–H groups in total. The van der Waals surface area contributed by atoms with Gasteiger partial charge in [0, 0.05) is 11.9 Å². The van der Waals surface area contributed by atoms with Gasteiger partial charge < -0.3 is 5.32 Å². The topological polar surface area (TPSA) is 24.9 Å². The number of hydrogen-bond acceptors (Lipinski definition) is 2. The second kappa shape index (κ2) is 4.54. The van der Waals surface area contributed by atoms with Crippen LogP contribution >= 0.6 is 0 Å². The molecule has 0 aromatic carbocycles. The largest absolute Gasteiger partial charge is 0.383 e. The average molecular weight is 162 g/mol. The van der Waals surface area contributed by atoms with Crippen LogP contribution in [0.1, 0.15) is 19.0 Å². The van der Waals surface area contributed by atoms with E-state index in [1.165, 1.54) is 0 Å². The van der Waals surface area contributed by atoms with Crippen molar-refractivity contribution in [2.24, 2.45) is 0 Å². The molecule has 1 aromatic rings. The lowest BCUT2D eigenvalue weighted by molar-refractivity contribution is 0.758. The van der Waals surface area contributed by atoms with Crippen molar-refractivity contribution in [3.8, 4) is 0 Å². The van der Waals surface area contributed by atoms with E-state index in [-0.39, 0.29) is 0 Å². The summed E-state index contributed by atoms with van der Waals surface area (Å²) in [7, 11) is 0. The Morgan fingerprint density at radius 3 is 3.00 bits per heavy atom. The molecule has 2 nitrogen and oxygen atoms in total. The Labute approximate surface area is 73.3 Å². The normalized spacial score (nSPS) is 9.42. The van der Waals surface area contributed by atoms with Gasteiger partial charge in [-0.05, 0) is 18.6 Å². The highest BCUT2D eigenvalue weighted by molar-refractivity contribution is 5.04. The quantitative estimate of drug-likeness (QED) is 0.733. The zero-order valence-electron chi connectivity index (χ0n) is 7.38. The summed E-state index contributed by atoms with van der Waals surface area (Å²) in [6.45, 7) is 6.70. The van der Waals surface area contributed by atoms with Gasteiger partial charge in [-0.1, -0.05) is 19.6 Å². The standard InChI is InChI=1S/C10H14N2/c1-3-9(2)12-8-10-6-4-5-7-11-10/h4-7,12H,2-3,8H2,1H3. The predicted molar refractivity (Wildman–Crippen MR) is 50.5 cm³/mol. The molecule has 1 heterocycles. The summed E-state index contributed by atoms with van der Waals surface area (Å²) in [6, 6.07) is 5.90. The molecule has 0 saturated carbocycles. The third-order valence-corrected chi connectivity index (χ3v) is 1.67. The van der Waals surface area contributed by atoms with Crippen LogP contribution in [0.15, 0.2) is 36.7 Å². The van der Waals surface area contributed by atoms with Crippen LogP contribution in [0.25, 0.3) is 0 Å². The number of aromatic nitrogens is 1. The molecule has 0 unspecified atom stereocenters. The summed E-state index contributed by atoms with van der Waals surface area (Å²) >= 11 is 0. The third-order valence-electron chi connectivity index (χ3n) is 1.67. The molecule has 0 saturated heterocycles. The average Bonchev–Trinajstić information content (AvgIpc) is 2.16. The van der Waals surface area contributed by atoms with Crippen molar-refractivity contribution in [1.82, 2.24) is 10.3 Å². The number of hydrogen-bond donors (Lipinski definition) is 1. The van der Waals surface area contributed by atoms with Crippen molar-refractivity contribution in [1.29, 1.82) is 0 Å². The van der Waals surface area contributed by atoms with Crippen LogP contribution in [0.3, 0.4) is 0 Å². The van der Waals surface area contributed by atoms with Gasteiger partial charge in [-0.2, -0.15) is 0 Å². The Bertz CT molecular complexity index is 241. The fourth-order valence-electron chi connectivity index (χ4n) is 0.843. The van der Waals surface area contributed by atoms with Crippen LogP contribution in [0.5, 0.6) is 0 Å². The minimum absolute atomic E-state index is 0.771. The summed E-state index contributed by atoms with van der Waals surface area (Å²) < 4.78 is 0. The highest BCUT2D eigenvalue weighted by Gasteiger charge is 1.91. The third kappa shape index (κ3) is 2.74. The maximum Gasteiger partial charge on any atom is 0.0594 e. The number of rotatable bonds is 4. The Kier molecular flexibility index (Phi) is 3.33. The van der Waals surface area contributed by atoms with E-state index in [0.717, 1.165) is 24.4 Å². The number of allylic oxidation sites excluding steroid dienone is 1. The van der Waals surface area contributed by atoms with Gasteiger partial charge in [0.2, 0.25) is 0 Å². The summed E-state index contributed by atoms with van der Waals surface area (Å²) in [6.07, 6.45) is 2.76. The Hall–Kier alpha value is -1.31. The molecule has 0 atom stereocenters. The van der Waals surface area contributed by atoms with Crippen molar-refractivity contribution < 1.29 is 0 Å². The Morgan fingerprint density at radius 2 is 2.42 bits per heavy atom. The van der Waals surface area contributed by atoms with Gasteiger partial charge in [0.05, 0.1) is 12.2 Å². The SMILES string of the molecule is C=C(CC)NCc1ccccn1. The first kappa shape index (κ1) is 8.78. The monoisotopic (exact) mass is 162 g/mol. The first-order chi connectivity index (χ1) is 5.83. The maximum atomic E-state index is 4.18. The van der Waals surface area contributed by atoms with Gasteiger partial charge in [-0.25, -0.2) is 0 Å². The number of nitrogens with one attached hydrogen (secondary N) is 1. The fourth-order valence-corrected chi connectivity index (χ4v) is 0.843. The minimum atomic E-state index is 0.771. The fraction of sp³-hybridized carbons (Fsp3) is 0.300. The van der Waals surface area contributed by atoms with Crippen LogP contribution in [0.4, 0.5) is 0 Å². The molecule has 12 heavy (non-hydrogen) atoms. The molecular weight excluding hydrogens is 148 g/mol. The molecule has 0 bridgehead atoms. The van der Waals surface area contributed by atoms with Gasteiger partial charge in [-0.3, -0.25) is 4.98 Å². The van der Waals surface area contributed by atoms with Crippen molar-refractivity contribution in [2.75, 3.05) is 0 Å². The zero-order valence-corrected chi connectivity index (χ0v) is 7.38. The van der Waals surface area contributed by atoms with Gasteiger partial charge in [0.15, 0.2) is 0 Å². The van der Waals surface area contributed by atoms with Crippen LogP contribution < -0.4 is 5.32 Å². The van der Waals surface area contributed by atoms with Crippen LogP contribution in [-0.2, 0) is 6.54 Å². The van der Waals surface area contributed by atoms with Gasteiger partial charge >= 0.3 is 0 Å². The Morgan fingerprint density at radius 1 is 1.58 bits per heavy atom. The molecule has 64 valence electrons. The van der Waals surface area contributed by atoms with E-state index in [2.05, 4.69) is 23.8 Å². The second-order valence-electron chi connectivity index (χ2n) is 2.63. The van der Waals surface area contributed by atoms with Crippen molar-refractivity contribution in [3.05, 3.63) is 42.4 Å². The lowest BCUT2D eigenvalue weighted by Gasteiger charge is -2.05. The van der Waals surface area contributed by atoms with Crippen molar-refractivity contribution in [3.63, 3.8) is 0 Å². The second-order valence-corrected chi connectivity index (χ2v) is 2.63. The summed E-state index contributed by atoms with van der Waals surface area (Å²) in [4.78, 5) is 4.18. The number of pyridine rings is 1. The zero-order chi connectivity index (χ0) is 8.81. The van der Waals surface area contributed by atoms with Crippen LogP contribution in [0, 0.1) is 0 Å². The van der Waals surface area contributed by atoms with E-state index in [4.69, 9.17) is 0 Å². The summed E-state index contributed by atoms with van der Waals surface area (Å²) in [5, 5.41) is 3.19. The summed E-state index contributed by atoms with van der Waals surface area (Å²) in [5.74, 6) is 0. The summed E-state index contributed by atoms with van der Waals surface area (Å²) in [5.41, 5.74) is 2.10. The lowest BCUT2D eigenvalue weighted by Crippen LogP contribution is -2.11. The molecule has 0 aliphatic heterocycles. The van der Waals surface area contributed by atoms with E-state index >= 15 is 0 Å². The molecule has 1 rings (SSSR count). The van der Waals surface area contributed by atoms with Gasteiger partial charge in [0.25, 0.3) is 0 Å². The molecule has 0 radical (unpaired) electrons. The first-order valence-electron chi connectivity index (χ1n) is 4.14. The molecule has 1 aromatic heterocycles. The van der Waals surface area contributed by atoms with E-state index in [0.29, 0.717) is 0 Å². The first-order valence-corrected chi connectivity index (χ1v) is 4.14. The van der Waals surface area contributed by atoms with Gasteiger partial charge in [-0.15, -0.1) is 0 Å². The highest BCUT2D eigenvalue weighted by Crippen LogP contribution is 1.96. The van der Waals surface area contributed by atoms with Gasteiger partial charge in [0.1, 0.15) is 0 Å². The maximum absolute atomic E-state index is 4.18. The van der Waals surface area contributed by atoms with E-state index in [1.54, 1.807) is 6.20 Å². The lowest BCUT2D eigenvalue weighted by atomic mass is 10.3. The van der Waals surface area contributed by atoms with Crippen LogP contribution in [-0.4, -0.2) is 4.98 Å². The number of nitrogens with zero attached hydrogens (tertiary/aromatic N) is 1. The predicted octanol–water partition coefficient (Wildman–Crippen LogP) is 2.09. The van der Waals surface area contributed by atoms with Crippen molar-refractivity contribution >= 4 is 0 Å². The minimum Gasteiger partial charge on any atom is -0.383 e. The highest BCUT2D eigenvalue weighted by atomic mass is 14.9. The smallest absolute Gasteiger partial charge is 0.0594 e. The molecular formula is C10H14N2.